The molecule has 3 aliphatic rings. The van der Waals surface area contributed by atoms with Crippen LogP contribution >= 0.6 is 0 Å². The number of carbonyl (C=O) groups is 1. The van der Waals surface area contributed by atoms with Crippen molar-refractivity contribution in [2.75, 3.05) is 56.8 Å². The van der Waals surface area contributed by atoms with Crippen LogP contribution in [0.4, 0.5) is 18.9 Å². The Morgan fingerprint density at radius 2 is 1.76 bits per heavy atom. The van der Waals surface area contributed by atoms with Crippen molar-refractivity contribution in [3.05, 3.63) is 47.7 Å². The standard InChI is InChI=1S/C25H29F3N4O5S/c26-25(27,28)19-4-6-21(7-5-19)38(34,35)32-11-14-37-23-22(32)15-18(16-29-23)24(33)31-8-2-1-3-20(31)17-30-9-12-36-13-10-30/h4-7,15-16,20H,1-3,8-14,17H2. The van der Waals surface area contributed by atoms with Crippen LogP contribution in [0.2, 0.25) is 0 Å². The van der Waals surface area contributed by atoms with Crippen molar-refractivity contribution in [3.63, 3.8) is 0 Å². The van der Waals surface area contributed by atoms with E-state index in [-0.39, 0.29) is 47.1 Å². The highest BCUT2D eigenvalue weighted by molar-refractivity contribution is 7.92. The number of pyridine rings is 1. The molecule has 1 atom stereocenters. The highest BCUT2D eigenvalue weighted by Gasteiger charge is 2.35. The molecule has 0 spiro atoms. The molecule has 0 N–H and O–H groups in total. The number of likely N-dealkylation sites (tertiary alicyclic amines) is 1. The smallest absolute Gasteiger partial charge is 0.416 e. The Labute approximate surface area is 219 Å². The predicted octanol–water partition coefficient (Wildman–Crippen LogP) is 3.02. The highest BCUT2D eigenvalue weighted by atomic mass is 32.2. The van der Waals surface area contributed by atoms with Crippen molar-refractivity contribution in [2.45, 2.75) is 36.4 Å². The summed E-state index contributed by atoms with van der Waals surface area (Å²) in [5.41, 5.74) is -0.624. The summed E-state index contributed by atoms with van der Waals surface area (Å²) in [6, 6.07) is 4.80. The van der Waals surface area contributed by atoms with E-state index < -0.39 is 21.8 Å². The van der Waals surface area contributed by atoms with Crippen molar-refractivity contribution in [2.24, 2.45) is 0 Å². The zero-order valence-corrected chi connectivity index (χ0v) is 21.5. The van der Waals surface area contributed by atoms with Crippen molar-refractivity contribution in [1.82, 2.24) is 14.8 Å². The van der Waals surface area contributed by atoms with E-state index in [1.807, 2.05) is 4.90 Å². The summed E-state index contributed by atoms with van der Waals surface area (Å²) in [6.07, 6.45) is -0.425. The molecule has 9 nitrogen and oxygen atoms in total. The molecule has 2 saturated heterocycles. The number of ether oxygens (including phenoxy) is 2. The van der Waals surface area contributed by atoms with E-state index in [0.717, 1.165) is 67.5 Å². The first kappa shape index (κ1) is 26.7. The number of alkyl halides is 3. The van der Waals surface area contributed by atoms with E-state index >= 15 is 0 Å². The zero-order chi connectivity index (χ0) is 26.9. The van der Waals surface area contributed by atoms with E-state index in [0.29, 0.717) is 19.8 Å². The van der Waals surface area contributed by atoms with Gasteiger partial charge in [0.05, 0.1) is 35.8 Å². The minimum atomic E-state index is -4.58. The summed E-state index contributed by atoms with van der Waals surface area (Å²) in [7, 11) is -4.23. The SMILES string of the molecule is O=C(c1cnc2c(c1)N(S(=O)(=O)c1ccc(C(F)(F)F)cc1)CCO2)N1CCCCC1CN1CCOCC1. The lowest BCUT2D eigenvalue weighted by molar-refractivity contribution is -0.137. The second-order valence-corrected chi connectivity index (χ2v) is 11.4. The molecule has 0 aliphatic carbocycles. The first-order valence-electron chi connectivity index (χ1n) is 12.6. The summed E-state index contributed by atoms with van der Waals surface area (Å²) in [4.78, 5) is 21.7. The second-order valence-electron chi connectivity index (χ2n) is 9.56. The number of nitrogens with zero attached hydrogens (tertiary/aromatic N) is 4. The topological polar surface area (TPSA) is 92.3 Å². The molecule has 13 heteroatoms. The van der Waals surface area contributed by atoms with E-state index in [2.05, 4.69) is 9.88 Å². The fourth-order valence-corrected chi connectivity index (χ4v) is 6.53. The first-order valence-corrected chi connectivity index (χ1v) is 14.0. The maximum atomic E-state index is 13.6. The van der Waals surface area contributed by atoms with Crippen LogP contribution in [-0.4, -0.2) is 87.7 Å². The van der Waals surface area contributed by atoms with Crippen molar-refractivity contribution >= 4 is 21.6 Å². The summed E-state index contributed by atoms with van der Waals surface area (Å²) in [6.45, 7) is 4.23. The van der Waals surface area contributed by atoms with Gasteiger partial charge in [-0.05, 0) is 49.6 Å². The first-order chi connectivity index (χ1) is 18.1. The lowest BCUT2D eigenvalue weighted by Crippen LogP contribution is -2.51. The van der Waals surface area contributed by atoms with E-state index in [1.54, 1.807) is 0 Å². The number of hydrogen-bond acceptors (Lipinski definition) is 7. The van der Waals surface area contributed by atoms with Crippen LogP contribution in [0.15, 0.2) is 41.4 Å². The minimum absolute atomic E-state index is 0.0148. The third-order valence-electron chi connectivity index (χ3n) is 7.11. The lowest BCUT2D eigenvalue weighted by Gasteiger charge is -2.39. The third-order valence-corrected chi connectivity index (χ3v) is 8.94. The van der Waals surface area contributed by atoms with Gasteiger partial charge in [0.25, 0.3) is 15.9 Å². The molecule has 0 radical (unpaired) electrons. The molecule has 206 valence electrons. The van der Waals surface area contributed by atoms with Crippen molar-refractivity contribution in [3.8, 4) is 5.88 Å². The third kappa shape index (κ3) is 5.45. The van der Waals surface area contributed by atoms with E-state index in [1.165, 1.54) is 12.3 Å². The fourth-order valence-electron chi connectivity index (χ4n) is 5.09. The van der Waals surface area contributed by atoms with Crippen LogP contribution in [0.5, 0.6) is 5.88 Å². The average Bonchev–Trinajstić information content (AvgIpc) is 2.92. The number of rotatable bonds is 5. The molecular weight excluding hydrogens is 525 g/mol. The van der Waals surface area contributed by atoms with E-state index in [4.69, 9.17) is 9.47 Å². The molecule has 2 aromatic rings. The number of hydrogen-bond donors (Lipinski definition) is 0. The van der Waals surface area contributed by atoms with Gasteiger partial charge in [0.15, 0.2) is 0 Å². The number of sulfonamides is 1. The molecule has 2 fully saturated rings. The number of fused-ring (bicyclic) bond motifs is 1. The van der Waals surface area contributed by atoms with Gasteiger partial charge in [-0.1, -0.05) is 0 Å². The molecular formula is C25H29F3N4O5S. The van der Waals surface area contributed by atoms with Crippen LogP contribution in [0.25, 0.3) is 0 Å². The number of amides is 1. The maximum Gasteiger partial charge on any atom is 0.416 e. The monoisotopic (exact) mass is 554 g/mol. The van der Waals surface area contributed by atoms with Crippen LogP contribution in [0.3, 0.4) is 0 Å². The van der Waals surface area contributed by atoms with Gasteiger partial charge in [0.1, 0.15) is 12.3 Å². The number of anilines is 1. The van der Waals surface area contributed by atoms with Gasteiger partial charge in [-0.25, -0.2) is 13.4 Å². The van der Waals surface area contributed by atoms with E-state index in [9.17, 15) is 26.4 Å². The summed E-state index contributed by atoms with van der Waals surface area (Å²) >= 11 is 0. The highest BCUT2D eigenvalue weighted by Crippen LogP contribution is 2.36. The summed E-state index contributed by atoms with van der Waals surface area (Å²) in [5.74, 6) is -0.192. The average molecular weight is 555 g/mol. The Kier molecular flexibility index (Phi) is 7.51. The quantitative estimate of drug-likeness (QED) is 0.561. The van der Waals surface area contributed by atoms with Crippen LogP contribution in [-0.2, 0) is 20.9 Å². The minimum Gasteiger partial charge on any atom is -0.474 e. The van der Waals surface area contributed by atoms with Crippen LogP contribution in [0.1, 0.15) is 35.2 Å². The number of carbonyl (C=O) groups excluding carboxylic acids is 1. The molecule has 38 heavy (non-hydrogen) atoms. The number of benzene rings is 1. The van der Waals surface area contributed by atoms with Gasteiger partial charge in [-0.15, -0.1) is 0 Å². The van der Waals surface area contributed by atoms with Crippen LogP contribution in [0, 0.1) is 0 Å². The summed E-state index contributed by atoms with van der Waals surface area (Å²) in [5, 5.41) is 0. The van der Waals surface area contributed by atoms with Gasteiger partial charge < -0.3 is 14.4 Å². The van der Waals surface area contributed by atoms with Gasteiger partial charge in [-0.2, -0.15) is 13.2 Å². The lowest BCUT2D eigenvalue weighted by atomic mass is 10.00. The number of morpholine rings is 1. The maximum absolute atomic E-state index is 13.6. The van der Waals surface area contributed by atoms with Gasteiger partial charge in [-0.3, -0.25) is 14.0 Å². The molecule has 0 saturated carbocycles. The van der Waals surface area contributed by atoms with Gasteiger partial charge in [0.2, 0.25) is 5.88 Å². The normalized spacial score (nSPS) is 21.1. The second kappa shape index (κ2) is 10.7. The van der Waals surface area contributed by atoms with Gasteiger partial charge in [0, 0.05) is 38.4 Å². The van der Waals surface area contributed by atoms with Gasteiger partial charge >= 0.3 is 6.18 Å². The molecule has 1 unspecified atom stereocenters. The largest absolute Gasteiger partial charge is 0.474 e. The molecule has 1 amide bonds. The van der Waals surface area contributed by atoms with Crippen molar-refractivity contribution < 1.29 is 35.9 Å². The zero-order valence-electron chi connectivity index (χ0n) is 20.7. The molecule has 1 aromatic carbocycles. The fraction of sp³-hybridized carbons (Fsp3) is 0.520. The molecule has 5 rings (SSSR count). The molecule has 0 bridgehead atoms. The van der Waals surface area contributed by atoms with Crippen LogP contribution < -0.4 is 9.04 Å². The predicted molar refractivity (Wildman–Crippen MR) is 132 cm³/mol. The number of aromatic nitrogens is 1. The molecule has 3 aliphatic heterocycles. The summed E-state index contributed by atoms with van der Waals surface area (Å²) < 4.78 is 77.8. The molecule has 4 heterocycles. The Hall–Kier alpha value is -2.90. The number of halogens is 3. The Morgan fingerprint density at radius 3 is 2.47 bits per heavy atom. The Bertz CT molecular complexity index is 1270. The molecule has 1 aromatic heterocycles. The Balaban J connectivity index is 1.40. The number of piperidine rings is 1. The van der Waals surface area contributed by atoms with Crippen molar-refractivity contribution in [1.29, 1.82) is 0 Å². The Morgan fingerprint density at radius 1 is 1.03 bits per heavy atom.